The first-order valence-electron chi connectivity index (χ1n) is 4.20. The van der Waals surface area contributed by atoms with E-state index in [1.165, 1.54) is 0 Å². The predicted molar refractivity (Wildman–Crippen MR) is 54.2 cm³/mol. The Bertz CT molecular complexity index is 456. The van der Waals surface area contributed by atoms with Crippen molar-refractivity contribution in [3.05, 3.63) is 28.9 Å². The molecule has 0 aromatic carbocycles. The fourth-order valence-corrected chi connectivity index (χ4v) is 1.45. The molecule has 0 aliphatic carbocycles. The maximum Gasteiger partial charge on any atom is 0.220 e. The summed E-state index contributed by atoms with van der Waals surface area (Å²) in [6, 6.07) is 3.77. The largest absolute Gasteiger partial charge is 0.469 e. The molecule has 0 saturated heterocycles. The molecular weight excluding hydrogens is 200 g/mol. The number of anilines is 1. The molecule has 3 N–H and O–H groups in total. The molecule has 2 aromatic heterocycles. The lowest BCUT2D eigenvalue weighted by atomic mass is 10.3. The van der Waals surface area contributed by atoms with E-state index >= 15 is 0 Å². The number of rotatable bonds is 3. The first kappa shape index (κ1) is 9.01. The third kappa shape index (κ3) is 1.69. The molecule has 2 aromatic rings. The summed E-state index contributed by atoms with van der Waals surface area (Å²) in [6.45, 7) is 0.675. The van der Waals surface area contributed by atoms with E-state index in [0.717, 1.165) is 12.2 Å². The number of aryl methyl sites for hydroxylation is 1. The van der Waals surface area contributed by atoms with Crippen LogP contribution in [-0.2, 0) is 13.0 Å². The van der Waals surface area contributed by atoms with E-state index in [2.05, 4.69) is 10.2 Å². The van der Waals surface area contributed by atoms with Crippen molar-refractivity contribution in [2.75, 3.05) is 5.73 Å². The fourth-order valence-electron chi connectivity index (χ4n) is 1.22. The Morgan fingerprint density at radius 2 is 2.50 bits per heavy atom. The number of aromatic amines is 1. The summed E-state index contributed by atoms with van der Waals surface area (Å²) < 4.78 is 7.46. The molecule has 0 spiro atoms. The summed E-state index contributed by atoms with van der Waals surface area (Å²) in [6.07, 6.45) is 2.40. The van der Waals surface area contributed by atoms with Crippen LogP contribution in [0.25, 0.3) is 0 Å². The zero-order valence-electron chi connectivity index (χ0n) is 7.43. The van der Waals surface area contributed by atoms with E-state index in [4.69, 9.17) is 22.4 Å². The van der Waals surface area contributed by atoms with Gasteiger partial charge in [0, 0.05) is 13.0 Å². The Kier molecular flexibility index (Phi) is 2.36. The van der Waals surface area contributed by atoms with Gasteiger partial charge in [-0.05, 0) is 24.4 Å². The smallest absolute Gasteiger partial charge is 0.220 e. The van der Waals surface area contributed by atoms with Gasteiger partial charge < -0.3 is 10.2 Å². The minimum atomic E-state index is 0.404. The molecule has 0 atom stereocenters. The van der Waals surface area contributed by atoms with Gasteiger partial charge in [-0.2, -0.15) is 0 Å². The maximum atomic E-state index is 5.60. The molecule has 0 aliphatic heterocycles. The van der Waals surface area contributed by atoms with Gasteiger partial charge in [-0.3, -0.25) is 4.57 Å². The second-order valence-electron chi connectivity index (χ2n) is 2.87. The average molecular weight is 210 g/mol. The quantitative estimate of drug-likeness (QED) is 0.750. The van der Waals surface area contributed by atoms with E-state index in [1.54, 1.807) is 10.8 Å². The van der Waals surface area contributed by atoms with Crippen LogP contribution < -0.4 is 5.73 Å². The molecule has 2 heterocycles. The van der Waals surface area contributed by atoms with E-state index in [0.29, 0.717) is 17.3 Å². The highest BCUT2D eigenvalue weighted by molar-refractivity contribution is 7.71. The van der Waals surface area contributed by atoms with Gasteiger partial charge >= 0.3 is 0 Å². The number of hydrogen-bond acceptors (Lipinski definition) is 4. The SMILES string of the molecule is Nc1n[nH]c(=S)n1CCc1ccco1. The first-order chi connectivity index (χ1) is 6.77. The van der Waals surface area contributed by atoms with Crippen LogP contribution in [0.3, 0.4) is 0 Å². The lowest BCUT2D eigenvalue weighted by molar-refractivity contribution is 0.491. The molecule has 0 aliphatic rings. The van der Waals surface area contributed by atoms with Crippen LogP contribution in [0.5, 0.6) is 0 Å². The van der Waals surface area contributed by atoms with Gasteiger partial charge in [-0.25, -0.2) is 5.10 Å². The lowest BCUT2D eigenvalue weighted by Crippen LogP contribution is -2.05. The molecular formula is C8H10N4OS. The second kappa shape index (κ2) is 3.67. The Morgan fingerprint density at radius 1 is 1.64 bits per heavy atom. The molecule has 2 rings (SSSR count). The number of furan rings is 1. The van der Waals surface area contributed by atoms with Gasteiger partial charge in [-0.15, -0.1) is 5.10 Å². The van der Waals surface area contributed by atoms with Crippen LogP contribution >= 0.6 is 12.2 Å². The molecule has 0 saturated carbocycles. The normalized spacial score (nSPS) is 10.6. The van der Waals surface area contributed by atoms with Crippen molar-refractivity contribution in [3.63, 3.8) is 0 Å². The van der Waals surface area contributed by atoms with Gasteiger partial charge in [-0.1, -0.05) is 0 Å². The Morgan fingerprint density at radius 3 is 3.07 bits per heavy atom. The third-order valence-corrected chi connectivity index (χ3v) is 2.26. The predicted octanol–water partition coefficient (Wildman–Crippen LogP) is 1.36. The molecule has 74 valence electrons. The summed E-state index contributed by atoms with van der Waals surface area (Å²) in [7, 11) is 0. The summed E-state index contributed by atoms with van der Waals surface area (Å²) >= 11 is 5.00. The van der Waals surface area contributed by atoms with Crippen molar-refractivity contribution < 1.29 is 4.42 Å². The second-order valence-corrected chi connectivity index (χ2v) is 3.25. The molecule has 5 nitrogen and oxygen atoms in total. The van der Waals surface area contributed by atoms with Crippen LogP contribution in [-0.4, -0.2) is 14.8 Å². The summed E-state index contributed by atoms with van der Waals surface area (Å²) in [5.41, 5.74) is 5.60. The highest BCUT2D eigenvalue weighted by Gasteiger charge is 2.02. The van der Waals surface area contributed by atoms with Crippen LogP contribution in [0.1, 0.15) is 5.76 Å². The zero-order valence-corrected chi connectivity index (χ0v) is 8.25. The van der Waals surface area contributed by atoms with Gasteiger partial charge in [0.2, 0.25) is 5.95 Å². The highest BCUT2D eigenvalue weighted by atomic mass is 32.1. The van der Waals surface area contributed by atoms with E-state index in [-0.39, 0.29) is 0 Å². The number of nitrogens with two attached hydrogens (primary N) is 1. The van der Waals surface area contributed by atoms with Crippen LogP contribution in [0, 0.1) is 4.77 Å². The van der Waals surface area contributed by atoms with Crippen molar-refractivity contribution >= 4 is 18.2 Å². The minimum Gasteiger partial charge on any atom is -0.469 e. The Labute approximate surface area is 85.5 Å². The van der Waals surface area contributed by atoms with Crippen molar-refractivity contribution in [1.29, 1.82) is 0 Å². The van der Waals surface area contributed by atoms with Crippen LogP contribution in [0.2, 0.25) is 0 Å². The number of aromatic nitrogens is 3. The van der Waals surface area contributed by atoms with E-state index in [9.17, 15) is 0 Å². The zero-order chi connectivity index (χ0) is 9.97. The molecule has 0 fully saturated rings. The van der Waals surface area contributed by atoms with Crippen molar-refractivity contribution in [2.45, 2.75) is 13.0 Å². The van der Waals surface area contributed by atoms with Crippen molar-refractivity contribution in [3.8, 4) is 0 Å². The minimum absolute atomic E-state index is 0.404. The molecule has 14 heavy (non-hydrogen) atoms. The Hall–Kier alpha value is -1.56. The summed E-state index contributed by atoms with van der Waals surface area (Å²) in [5, 5.41) is 6.44. The fraction of sp³-hybridized carbons (Fsp3) is 0.250. The van der Waals surface area contributed by atoms with E-state index < -0.39 is 0 Å². The number of H-pyrrole nitrogens is 1. The monoisotopic (exact) mass is 210 g/mol. The maximum absolute atomic E-state index is 5.60. The average Bonchev–Trinajstić information content (AvgIpc) is 2.76. The standard InChI is InChI=1S/C8H10N4OS/c9-7-10-11-8(14)12(7)4-3-6-2-1-5-13-6/h1-2,5H,3-4H2,(H2,9,10)(H,11,14). The third-order valence-electron chi connectivity index (χ3n) is 1.95. The van der Waals surface area contributed by atoms with Crippen molar-refractivity contribution in [1.82, 2.24) is 14.8 Å². The van der Waals surface area contributed by atoms with Crippen LogP contribution in [0.4, 0.5) is 5.95 Å². The molecule has 0 unspecified atom stereocenters. The summed E-state index contributed by atoms with van der Waals surface area (Å²) in [4.78, 5) is 0. The van der Waals surface area contributed by atoms with Gasteiger partial charge in [0.15, 0.2) is 4.77 Å². The van der Waals surface area contributed by atoms with Crippen molar-refractivity contribution in [2.24, 2.45) is 0 Å². The van der Waals surface area contributed by atoms with E-state index in [1.807, 2.05) is 12.1 Å². The van der Waals surface area contributed by atoms with Gasteiger partial charge in [0.05, 0.1) is 6.26 Å². The van der Waals surface area contributed by atoms with Gasteiger partial charge in [0.1, 0.15) is 5.76 Å². The topological polar surface area (TPSA) is 72.8 Å². The van der Waals surface area contributed by atoms with Crippen LogP contribution in [0.15, 0.2) is 22.8 Å². The number of nitrogen functional groups attached to an aromatic ring is 1. The molecule has 0 radical (unpaired) electrons. The molecule has 0 bridgehead atoms. The molecule has 6 heteroatoms. The lowest BCUT2D eigenvalue weighted by Gasteiger charge is -2.00. The first-order valence-corrected chi connectivity index (χ1v) is 4.61. The summed E-state index contributed by atoms with van der Waals surface area (Å²) in [5.74, 6) is 1.31. The number of hydrogen-bond donors (Lipinski definition) is 2. The number of nitrogens with zero attached hydrogens (tertiary/aromatic N) is 2. The number of nitrogens with one attached hydrogen (secondary N) is 1. The molecule has 0 amide bonds. The highest BCUT2D eigenvalue weighted by Crippen LogP contribution is 2.05. The Balaban J connectivity index is 2.09. The van der Waals surface area contributed by atoms with Gasteiger partial charge in [0.25, 0.3) is 0 Å².